The monoisotopic (exact) mass is 260 g/mol. The molecule has 2 bridgehead atoms. The molecular weight excluding hydrogens is 240 g/mol. The van der Waals surface area contributed by atoms with Gasteiger partial charge < -0.3 is 9.80 Å². The molecule has 2 saturated heterocycles. The highest BCUT2D eigenvalue weighted by Gasteiger charge is 2.68. The quantitative estimate of drug-likeness (QED) is 0.702. The van der Waals surface area contributed by atoms with Crippen LogP contribution < -0.4 is 0 Å². The van der Waals surface area contributed by atoms with E-state index >= 15 is 0 Å². The summed E-state index contributed by atoms with van der Waals surface area (Å²) >= 11 is 0. The zero-order valence-electron chi connectivity index (χ0n) is 11.1. The normalized spacial score (nSPS) is 50.7. The minimum Gasteiger partial charge on any atom is -0.329 e. The van der Waals surface area contributed by atoms with E-state index < -0.39 is 0 Å². The fraction of sp³-hybridized carbons (Fsp3) is 0.867. The van der Waals surface area contributed by atoms with Crippen molar-refractivity contribution in [2.75, 3.05) is 13.1 Å². The van der Waals surface area contributed by atoms with Crippen molar-refractivity contribution in [3.8, 4) is 0 Å². The second-order valence-corrected chi connectivity index (χ2v) is 7.19. The lowest BCUT2D eigenvalue weighted by Crippen LogP contribution is -2.58. The van der Waals surface area contributed by atoms with Gasteiger partial charge in [0, 0.05) is 12.6 Å². The molecule has 2 heterocycles. The molecule has 5 fully saturated rings. The Balaban J connectivity index is 1.42. The van der Waals surface area contributed by atoms with Gasteiger partial charge in [0.1, 0.15) is 12.6 Å². The van der Waals surface area contributed by atoms with E-state index in [1.54, 1.807) is 0 Å². The molecule has 5 unspecified atom stereocenters. The summed E-state index contributed by atoms with van der Waals surface area (Å²) in [4.78, 5) is 28.6. The van der Waals surface area contributed by atoms with Gasteiger partial charge in [0.15, 0.2) is 0 Å². The predicted molar refractivity (Wildman–Crippen MR) is 68.0 cm³/mol. The molecule has 3 aliphatic carbocycles. The first-order valence-corrected chi connectivity index (χ1v) is 7.85. The van der Waals surface area contributed by atoms with Gasteiger partial charge in [-0.2, -0.15) is 0 Å². The Morgan fingerprint density at radius 2 is 1.68 bits per heavy atom. The third kappa shape index (κ3) is 1.21. The van der Waals surface area contributed by atoms with Crippen molar-refractivity contribution in [1.29, 1.82) is 0 Å². The van der Waals surface area contributed by atoms with E-state index in [9.17, 15) is 9.59 Å². The molecule has 0 aromatic heterocycles. The number of hydrogen-bond donors (Lipinski definition) is 0. The number of amides is 2. The SMILES string of the molecule is O=C1CN(C2C3C4CCC(C4)C32)C(=O)C2CCCN12. The summed E-state index contributed by atoms with van der Waals surface area (Å²) in [6.07, 6.45) is 6.02. The summed E-state index contributed by atoms with van der Waals surface area (Å²) in [5, 5.41) is 0. The first kappa shape index (κ1) is 10.7. The summed E-state index contributed by atoms with van der Waals surface area (Å²) in [6, 6.07) is 0.325. The lowest BCUT2D eigenvalue weighted by atomic mass is 10.0. The maximum absolute atomic E-state index is 12.6. The van der Waals surface area contributed by atoms with Gasteiger partial charge in [0.05, 0.1) is 0 Å². The predicted octanol–water partition coefficient (Wildman–Crippen LogP) is 0.864. The average molecular weight is 260 g/mol. The molecule has 2 amide bonds. The largest absolute Gasteiger partial charge is 0.329 e. The van der Waals surface area contributed by atoms with Crippen molar-refractivity contribution < 1.29 is 9.59 Å². The number of piperazine rings is 1. The van der Waals surface area contributed by atoms with Crippen molar-refractivity contribution >= 4 is 11.8 Å². The Kier molecular flexibility index (Phi) is 1.88. The Labute approximate surface area is 113 Å². The van der Waals surface area contributed by atoms with E-state index in [2.05, 4.69) is 0 Å². The van der Waals surface area contributed by atoms with E-state index in [1.807, 2.05) is 9.80 Å². The van der Waals surface area contributed by atoms with Gasteiger partial charge in [0.25, 0.3) is 0 Å². The number of carbonyl (C=O) groups is 2. The van der Waals surface area contributed by atoms with Gasteiger partial charge in [-0.25, -0.2) is 0 Å². The van der Waals surface area contributed by atoms with Gasteiger partial charge in [-0.15, -0.1) is 0 Å². The van der Waals surface area contributed by atoms with Crippen LogP contribution in [0.25, 0.3) is 0 Å². The third-order valence-corrected chi connectivity index (χ3v) is 6.50. The summed E-state index contributed by atoms with van der Waals surface area (Å²) in [5.41, 5.74) is 0. The van der Waals surface area contributed by atoms with E-state index in [1.165, 1.54) is 19.3 Å². The summed E-state index contributed by atoms with van der Waals surface area (Å²) in [6.45, 7) is 1.16. The van der Waals surface area contributed by atoms with Crippen molar-refractivity contribution in [2.24, 2.45) is 23.7 Å². The third-order valence-electron chi connectivity index (χ3n) is 6.50. The van der Waals surface area contributed by atoms with E-state index in [4.69, 9.17) is 0 Å². The van der Waals surface area contributed by atoms with Crippen LogP contribution in [0.4, 0.5) is 0 Å². The van der Waals surface area contributed by atoms with Crippen LogP contribution in [0.5, 0.6) is 0 Å². The van der Waals surface area contributed by atoms with Crippen LogP contribution in [0.1, 0.15) is 32.1 Å². The van der Waals surface area contributed by atoms with E-state index in [-0.39, 0.29) is 17.9 Å². The van der Waals surface area contributed by atoms with Crippen LogP contribution in [0, 0.1) is 23.7 Å². The van der Waals surface area contributed by atoms with Crippen molar-refractivity contribution in [1.82, 2.24) is 9.80 Å². The highest BCUT2D eigenvalue weighted by molar-refractivity contribution is 5.95. The lowest BCUT2D eigenvalue weighted by Gasteiger charge is -2.37. The van der Waals surface area contributed by atoms with Gasteiger partial charge in [-0.1, -0.05) is 0 Å². The number of fused-ring (bicyclic) bond motifs is 6. The smallest absolute Gasteiger partial charge is 0.246 e. The van der Waals surface area contributed by atoms with Crippen LogP contribution >= 0.6 is 0 Å². The minimum absolute atomic E-state index is 0.111. The highest BCUT2D eigenvalue weighted by atomic mass is 16.2. The summed E-state index contributed by atoms with van der Waals surface area (Å²) < 4.78 is 0. The zero-order chi connectivity index (χ0) is 12.7. The first-order valence-electron chi connectivity index (χ1n) is 7.85. The van der Waals surface area contributed by atoms with Gasteiger partial charge >= 0.3 is 0 Å². The molecule has 0 aromatic carbocycles. The Hall–Kier alpha value is -1.06. The van der Waals surface area contributed by atoms with Crippen LogP contribution in [0.3, 0.4) is 0 Å². The maximum Gasteiger partial charge on any atom is 0.246 e. The molecule has 4 nitrogen and oxygen atoms in total. The van der Waals surface area contributed by atoms with Crippen molar-refractivity contribution in [3.05, 3.63) is 0 Å². The Morgan fingerprint density at radius 3 is 2.42 bits per heavy atom. The summed E-state index contributed by atoms with van der Waals surface area (Å²) in [7, 11) is 0. The van der Waals surface area contributed by atoms with Crippen LogP contribution in [-0.2, 0) is 9.59 Å². The molecule has 2 aliphatic heterocycles. The van der Waals surface area contributed by atoms with E-state index in [0.717, 1.165) is 43.1 Å². The number of carbonyl (C=O) groups excluding carboxylic acids is 2. The van der Waals surface area contributed by atoms with Gasteiger partial charge in [-0.3, -0.25) is 9.59 Å². The first-order chi connectivity index (χ1) is 9.25. The van der Waals surface area contributed by atoms with Crippen molar-refractivity contribution in [2.45, 2.75) is 44.2 Å². The number of rotatable bonds is 1. The minimum atomic E-state index is -0.111. The van der Waals surface area contributed by atoms with Gasteiger partial charge in [0.2, 0.25) is 11.8 Å². The molecule has 5 atom stereocenters. The molecule has 0 radical (unpaired) electrons. The second-order valence-electron chi connectivity index (χ2n) is 7.19. The number of nitrogens with zero attached hydrogens (tertiary/aromatic N) is 2. The molecule has 5 rings (SSSR count). The molecule has 4 heteroatoms. The van der Waals surface area contributed by atoms with Crippen LogP contribution in [0.15, 0.2) is 0 Å². The molecule has 19 heavy (non-hydrogen) atoms. The second kappa shape index (κ2) is 3.33. The molecule has 5 aliphatic rings. The van der Waals surface area contributed by atoms with Gasteiger partial charge in [-0.05, 0) is 55.8 Å². The van der Waals surface area contributed by atoms with Crippen molar-refractivity contribution in [3.63, 3.8) is 0 Å². The molecule has 3 saturated carbocycles. The maximum atomic E-state index is 12.6. The molecule has 0 spiro atoms. The molecule has 0 N–H and O–H groups in total. The topological polar surface area (TPSA) is 40.6 Å². The Morgan fingerprint density at radius 1 is 0.947 bits per heavy atom. The highest BCUT2D eigenvalue weighted by Crippen LogP contribution is 2.67. The molecule has 102 valence electrons. The standard InChI is InChI=1S/C15H20N2O2/c18-11-7-17(15(19)10-2-1-5-16(10)11)14-12-8-3-4-9(6-8)13(12)14/h8-10,12-14H,1-7H2. The average Bonchev–Trinajstić information content (AvgIpc) is 2.84. The fourth-order valence-electron chi connectivity index (χ4n) is 5.78. The fourth-order valence-corrected chi connectivity index (χ4v) is 5.78. The van der Waals surface area contributed by atoms with Crippen LogP contribution in [0.2, 0.25) is 0 Å². The molecule has 0 aromatic rings. The number of hydrogen-bond acceptors (Lipinski definition) is 2. The molecular formula is C15H20N2O2. The zero-order valence-corrected chi connectivity index (χ0v) is 11.1. The lowest BCUT2D eigenvalue weighted by molar-refractivity contribution is -0.154. The van der Waals surface area contributed by atoms with E-state index in [0.29, 0.717) is 12.6 Å². The summed E-state index contributed by atoms with van der Waals surface area (Å²) in [5.74, 6) is 3.69. The van der Waals surface area contributed by atoms with Crippen LogP contribution in [-0.4, -0.2) is 46.8 Å². The Bertz CT molecular complexity index is 461.